The lowest BCUT2D eigenvalue weighted by Gasteiger charge is -2.09. The quantitative estimate of drug-likeness (QED) is 0.684. The Balaban J connectivity index is 1.73. The first kappa shape index (κ1) is 16.0. The normalized spacial score (nSPS) is 14.8. The standard InChI is InChI=1S/C22H26Si/c1-3-4-8-18-11-13-19(14-12-18)21-15-16-22(17(21)2)23-20-9-6-5-7-10-20/h5-7,9-15H,3-4,8,16,23H2,1-2H3. The van der Waals surface area contributed by atoms with Crippen LogP contribution in [0.15, 0.2) is 71.4 Å². The van der Waals surface area contributed by atoms with E-state index in [-0.39, 0.29) is 9.52 Å². The zero-order chi connectivity index (χ0) is 16.1. The van der Waals surface area contributed by atoms with Crippen LogP contribution < -0.4 is 5.19 Å². The van der Waals surface area contributed by atoms with E-state index in [1.54, 1.807) is 10.4 Å². The highest BCUT2D eigenvalue weighted by Crippen LogP contribution is 2.33. The van der Waals surface area contributed by atoms with Gasteiger partial charge in [0, 0.05) is 0 Å². The van der Waals surface area contributed by atoms with Gasteiger partial charge in [0.15, 0.2) is 0 Å². The molecule has 0 spiro atoms. The van der Waals surface area contributed by atoms with E-state index in [0.29, 0.717) is 0 Å². The summed E-state index contributed by atoms with van der Waals surface area (Å²) in [5.41, 5.74) is 5.85. The summed E-state index contributed by atoms with van der Waals surface area (Å²) >= 11 is 0. The molecular formula is C22H26Si. The summed E-state index contributed by atoms with van der Waals surface area (Å²) in [4.78, 5) is 0. The zero-order valence-corrected chi connectivity index (χ0v) is 15.7. The molecule has 3 rings (SSSR count). The third kappa shape index (κ3) is 3.91. The topological polar surface area (TPSA) is 0 Å². The van der Waals surface area contributed by atoms with E-state index in [0.717, 1.165) is 6.42 Å². The van der Waals surface area contributed by atoms with Gasteiger partial charge in [-0.2, -0.15) is 0 Å². The van der Waals surface area contributed by atoms with Gasteiger partial charge in [0.25, 0.3) is 0 Å². The Bertz CT molecular complexity index is 705. The Labute approximate surface area is 142 Å². The van der Waals surface area contributed by atoms with Crippen LogP contribution in [0.4, 0.5) is 0 Å². The van der Waals surface area contributed by atoms with Crippen molar-refractivity contribution in [3.63, 3.8) is 0 Å². The van der Waals surface area contributed by atoms with E-state index in [1.165, 1.54) is 41.5 Å². The van der Waals surface area contributed by atoms with Crippen LogP contribution >= 0.6 is 0 Å². The molecule has 1 heteroatoms. The molecule has 0 saturated carbocycles. The van der Waals surface area contributed by atoms with Crippen molar-refractivity contribution in [3.8, 4) is 0 Å². The highest BCUT2D eigenvalue weighted by molar-refractivity contribution is 6.61. The summed E-state index contributed by atoms with van der Waals surface area (Å²) in [6.45, 7) is 4.57. The van der Waals surface area contributed by atoms with Crippen LogP contribution in [-0.4, -0.2) is 9.52 Å². The van der Waals surface area contributed by atoms with Crippen molar-refractivity contribution < 1.29 is 0 Å². The van der Waals surface area contributed by atoms with Crippen molar-refractivity contribution in [3.05, 3.63) is 82.6 Å². The lowest BCUT2D eigenvalue weighted by Crippen LogP contribution is -2.15. The average molecular weight is 319 g/mol. The van der Waals surface area contributed by atoms with Crippen molar-refractivity contribution >= 4 is 20.3 Å². The second-order valence-corrected chi connectivity index (χ2v) is 8.54. The Morgan fingerprint density at radius 2 is 1.70 bits per heavy atom. The molecule has 1 aliphatic rings. The predicted molar refractivity (Wildman–Crippen MR) is 105 cm³/mol. The zero-order valence-electron chi connectivity index (χ0n) is 14.3. The van der Waals surface area contributed by atoms with Crippen LogP contribution in [0, 0.1) is 0 Å². The molecule has 0 radical (unpaired) electrons. The molecular weight excluding hydrogens is 292 g/mol. The minimum Gasteiger partial charge on any atom is -0.0754 e. The van der Waals surface area contributed by atoms with E-state index >= 15 is 0 Å². The molecule has 0 amide bonds. The maximum Gasteiger partial charge on any atom is 0.0832 e. The summed E-state index contributed by atoms with van der Waals surface area (Å²) in [6.07, 6.45) is 7.34. The number of benzene rings is 2. The molecule has 2 aromatic carbocycles. The monoisotopic (exact) mass is 318 g/mol. The molecule has 2 aromatic rings. The molecule has 0 aromatic heterocycles. The number of hydrogen-bond acceptors (Lipinski definition) is 0. The first-order valence-electron chi connectivity index (χ1n) is 8.80. The van der Waals surface area contributed by atoms with Gasteiger partial charge >= 0.3 is 0 Å². The largest absolute Gasteiger partial charge is 0.0832 e. The fraction of sp³-hybridized carbons (Fsp3) is 0.273. The van der Waals surface area contributed by atoms with Crippen LogP contribution in [0.3, 0.4) is 0 Å². The number of unbranched alkanes of at least 4 members (excludes halogenated alkanes) is 1. The van der Waals surface area contributed by atoms with E-state index in [2.05, 4.69) is 74.5 Å². The molecule has 0 bridgehead atoms. The number of hydrogen-bond donors (Lipinski definition) is 0. The number of allylic oxidation sites excluding steroid dienone is 4. The molecule has 0 heterocycles. The van der Waals surface area contributed by atoms with E-state index in [9.17, 15) is 0 Å². The fourth-order valence-corrected chi connectivity index (χ4v) is 5.08. The highest BCUT2D eigenvalue weighted by atomic mass is 28.2. The molecule has 0 nitrogen and oxygen atoms in total. The lowest BCUT2D eigenvalue weighted by atomic mass is 9.99. The molecule has 118 valence electrons. The van der Waals surface area contributed by atoms with Crippen molar-refractivity contribution in [2.24, 2.45) is 0 Å². The SMILES string of the molecule is CCCCc1ccc(C2=CCC([SiH2]c3ccccc3)=C2C)cc1. The van der Waals surface area contributed by atoms with Crippen LogP contribution in [0.1, 0.15) is 44.2 Å². The van der Waals surface area contributed by atoms with E-state index < -0.39 is 0 Å². The molecule has 0 unspecified atom stereocenters. The second-order valence-electron chi connectivity index (χ2n) is 6.51. The summed E-state index contributed by atoms with van der Waals surface area (Å²) in [6, 6.07) is 20.3. The summed E-state index contributed by atoms with van der Waals surface area (Å²) < 4.78 is 0. The van der Waals surface area contributed by atoms with Gasteiger partial charge in [0.1, 0.15) is 0 Å². The van der Waals surface area contributed by atoms with Gasteiger partial charge in [-0.25, -0.2) is 0 Å². The van der Waals surface area contributed by atoms with Crippen molar-refractivity contribution in [2.45, 2.75) is 39.5 Å². The van der Waals surface area contributed by atoms with Crippen molar-refractivity contribution in [1.82, 2.24) is 0 Å². The first-order chi connectivity index (χ1) is 11.3. The third-order valence-corrected chi connectivity index (χ3v) is 6.96. The summed E-state index contributed by atoms with van der Waals surface area (Å²) in [7, 11) is -0.311. The Kier molecular flexibility index (Phi) is 5.30. The van der Waals surface area contributed by atoms with E-state index in [1.807, 2.05) is 0 Å². The smallest absolute Gasteiger partial charge is 0.0754 e. The Morgan fingerprint density at radius 1 is 0.957 bits per heavy atom. The van der Waals surface area contributed by atoms with Gasteiger partial charge in [0.2, 0.25) is 0 Å². The third-order valence-electron chi connectivity index (χ3n) is 4.83. The van der Waals surface area contributed by atoms with E-state index in [4.69, 9.17) is 0 Å². The second kappa shape index (κ2) is 7.61. The van der Waals surface area contributed by atoms with Crippen LogP contribution in [0.25, 0.3) is 5.57 Å². The maximum atomic E-state index is 2.43. The van der Waals surface area contributed by atoms with Gasteiger partial charge in [-0.15, -0.1) is 0 Å². The van der Waals surface area contributed by atoms with Crippen molar-refractivity contribution in [1.29, 1.82) is 0 Å². The summed E-state index contributed by atoms with van der Waals surface area (Å²) in [5.74, 6) is 0. The first-order valence-corrected chi connectivity index (χ1v) is 10.2. The van der Waals surface area contributed by atoms with Gasteiger partial charge in [-0.05, 0) is 48.5 Å². The highest BCUT2D eigenvalue weighted by Gasteiger charge is 2.15. The predicted octanol–water partition coefficient (Wildman–Crippen LogP) is 4.58. The van der Waals surface area contributed by atoms with Gasteiger partial charge in [-0.3, -0.25) is 0 Å². The van der Waals surface area contributed by atoms with Gasteiger partial charge < -0.3 is 0 Å². The molecule has 1 aliphatic carbocycles. The van der Waals surface area contributed by atoms with Crippen LogP contribution in [0.5, 0.6) is 0 Å². The Morgan fingerprint density at radius 3 is 2.39 bits per heavy atom. The molecule has 23 heavy (non-hydrogen) atoms. The number of aryl methyl sites for hydroxylation is 1. The summed E-state index contributed by atoms with van der Waals surface area (Å²) in [5, 5.41) is 3.24. The van der Waals surface area contributed by atoms with Gasteiger partial charge in [-0.1, -0.05) is 84.4 Å². The lowest BCUT2D eigenvalue weighted by molar-refractivity contribution is 0.795. The Hall–Kier alpha value is -1.86. The van der Waals surface area contributed by atoms with Crippen LogP contribution in [0.2, 0.25) is 0 Å². The van der Waals surface area contributed by atoms with Crippen molar-refractivity contribution in [2.75, 3.05) is 0 Å². The van der Waals surface area contributed by atoms with Crippen LogP contribution in [-0.2, 0) is 6.42 Å². The average Bonchev–Trinajstić information content (AvgIpc) is 2.95. The minimum atomic E-state index is -0.311. The molecule has 0 fully saturated rings. The minimum absolute atomic E-state index is 0.311. The van der Waals surface area contributed by atoms with Gasteiger partial charge in [0.05, 0.1) is 9.52 Å². The number of rotatable bonds is 6. The molecule has 0 aliphatic heterocycles. The molecule has 0 saturated heterocycles. The maximum absolute atomic E-state index is 2.43. The molecule has 0 N–H and O–H groups in total. The fourth-order valence-electron chi connectivity index (χ4n) is 3.34. The molecule has 0 atom stereocenters.